The predicted molar refractivity (Wildman–Crippen MR) is 78.8 cm³/mol. The average Bonchev–Trinajstić information content (AvgIpc) is 2.37. The summed E-state index contributed by atoms with van der Waals surface area (Å²) in [6, 6.07) is 13.3. The first-order valence-electron chi connectivity index (χ1n) is 5.50. The smallest absolute Gasteiger partial charge is 0.0643 e. The van der Waals surface area contributed by atoms with E-state index in [2.05, 4.69) is 5.32 Å². The lowest BCUT2D eigenvalue weighted by Crippen LogP contribution is -2.18. The lowest BCUT2D eigenvalue weighted by Gasteiger charge is -2.19. The van der Waals surface area contributed by atoms with Gasteiger partial charge in [-0.15, -0.1) is 0 Å². The molecule has 1 N–H and O–H groups in total. The highest BCUT2D eigenvalue weighted by Crippen LogP contribution is 2.33. The van der Waals surface area contributed by atoms with Crippen molar-refractivity contribution in [2.24, 2.45) is 0 Å². The molecule has 0 saturated carbocycles. The van der Waals surface area contributed by atoms with Crippen molar-refractivity contribution in [3.05, 3.63) is 68.7 Å². The quantitative estimate of drug-likeness (QED) is 0.845. The lowest BCUT2D eigenvalue weighted by atomic mass is 9.99. The molecule has 0 saturated heterocycles. The van der Waals surface area contributed by atoms with Crippen LogP contribution in [0, 0.1) is 0 Å². The second-order valence-electron chi connectivity index (χ2n) is 3.92. The van der Waals surface area contributed by atoms with Crippen molar-refractivity contribution < 1.29 is 0 Å². The van der Waals surface area contributed by atoms with Crippen LogP contribution in [0.3, 0.4) is 0 Å². The van der Waals surface area contributed by atoms with Crippen molar-refractivity contribution in [2.45, 2.75) is 6.04 Å². The third-order valence-corrected chi connectivity index (χ3v) is 3.87. The summed E-state index contributed by atoms with van der Waals surface area (Å²) < 4.78 is 0. The Bertz CT molecular complexity index is 537. The Morgan fingerprint density at radius 3 is 2.22 bits per heavy atom. The van der Waals surface area contributed by atoms with Gasteiger partial charge < -0.3 is 5.32 Å². The summed E-state index contributed by atoms with van der Waals surface area (Å²) in [6.07, 6.45) is 0. The van der Waals surface area contributed by atoms with Crippen molar-refractivity contribution in [2.75, 3.05) is 7.05 Å². The fourth-order valence-corrected chi connectivity index (χ4v) is 2.44. The van der Waals surface area contributed by atoms with E-state index in [9.17, 15) is 0 Å². The molecule has 0 aliphatic heterocycles. The Morgan fingerprint density at radius 2 is 1.61 bits per heavy atom. The zero-order valence-corrected chi connectivity index (χ0v) is 12.0. The van der Waals surface area contributed by atoms with Crippen LogP contribution in [0.1, 0.15) is 17.2 Å². The van der Waals surface area contributed by atoms with Crippen molar-refractivity contribution in [3.8, 4) is 0 Å². The topological polar surface area (TPSA) is 12.0 Å². The minimum Gasteiger partial charge on any atom is -0.309 e. The maximum atomic E-state index is 6.25. The molecule has 0 aliphatic rings. The highest BCUT2D eigenvalue weighted by molar-refractivity contribution is 6.42. The van der Waals surface area contributed by atoms with Crippen molar-refractivity contribution in [1.29, 1.82) is 0 Å². The van der Waals surface area contributed by atoms with Crippen molar-refractivity contribution in [3.63, 3.8) is 0 Å². The Balaban J connectivity index is 2.45. The minimum absolute atomic E-state index is 0.00605. The molecule has 0 amide bonds. The van der Waals surface area contributed by atoms with Crippen LogP contribution in [-0.2, 0) is 0 Å². The molecule has 0 bridgehead atoms. The minimum atomic E-state index is -0.00605. The van der Waals surface area contributed by atoms with Gasteiger partial charge >= 0.3 is 0 Å². The van der Waals surface area contributed by atoms with Gasteiger partial charge in [-0.1, -0.05) is 59.1 Å². The fourth-order valence-electron chi connectivity index (χ4n) is 1.90. The largest absolute Gasteiger partial charge is 0.309 e. The van der Waals surface area contributed by atoms with E-state index in [1.807, 2.05) is 43.4 Å². The molecule has 2 aromatic carbocycles. The maximum absolute atomic E-state index is 6.25. The third kappa shape index (κ3) is 2.81. The first kappa shape index (κ1) is 13.7. The van der Waals surface area contributed by atoms with Crippen LogP contribution in [0.15, 0.2) is 42.5 Å². The Hall–Kier alpha value is -0.730. The van der Waals surface area contributed by atoms with Crippen LogP contribution < -0.4 is 5.32 Å². The van der Waals surface area contributed by atoms with Crippen LogP contribution in [-0.4, -0.2) is 7.05 Å². The Morgan fingerprint density at radius 1 is 0.944 bits per heavy atom. The normalized spacial score (nSPS) is 12.4. The first-order valence-corrected chi connectivity index (χ1v) is 6.63. The van der Waals surface area contributed by atoms with Crippen LogP contribution >= 0.6 is 34.8 Å². The first-order chi connectivity index (χ1) is 8.63. The van der Waals surface area contributed by atoms with E-state index >= 15 is 0 Å². The summed E-state index contributed by atoms with van der Waals surface area (Å²) >= 11 is 18.2. The molecule has 0 heterocycles. The molecule has 94 valence electrons. The molecule has 0 aromatic heterocycles. The second-order valence-corrected chi connectivity index (χ2v) is 5.14. The van der Waals surface area contributed by atoms with Crippen molar-refractivity contribution in [1.82, 2.24) is 5.32 Å². The highest BCUT2D eigenvalue weighted by Gasteiger charge is 2.16. The van der Waals surface area contributed by atoms with E-state index < -0.39 is 0 Å². The zero-order valence-electron chi connectivity index (χ0n) is 9.75. The number of nitrogens with one attached hydrogen (secondary N) is 1. The molecule has 0 aliphatic carbocycles. The number of hydrogen-bond donors (Lipinski definition) is 1. The molecule has 0 radical (unpaired) electrons. The van der Waals surface area contributed by atoms with Gasteiger partial charge in [0.05, 0.1) is 16.1 Å². The summed E-state index contributed by atoms with van der Waals surface area (Å²) in [7, 11) is 1.89. The molecule has 18 heavy (non-hydrogen) atoms. The second kappa shape index (κ2) is 5.94. The van der Waals surface area contributed by atoms with Gasteiger partial charge in [0.15, 0.2) is 0 Å². The standard InChI is InChI=1S/C14H12Cl3N/c1-18-14(9-5-7-10(15)8-6-9)11-3-2-4-12(16)13(11)17/h2-8,14,18H,1H3. The maximum Gasteiger partial charge on any atom is 0.0643 e. The molecule has 1 atom stereocenters. The summed E-state index contributed by atoms with van der Waals surface area (Å²) in [5.74, 6) is 0. The molecule has 0 fully saturated rings. The molecule has 1 nitrogen and oxygen atoms in total. The monoisotopic (exact) mass is 299 g/mol. The van der Waals surface area contributed by atoms with Crippen LogP contribution in [0.4, 0.5) is 0 Å². The summed E-state index contributed by atoms with van der Waals surface area (Å²) in [6.45, 7) is 0. The molecular formula is C14H12Cl3N. The van der Waals surface area contributed by atoms with Gasteiger partial charge in [-0.2, -0.15) is 0 Å². The van der Waals surface area contributed by atoms with Gasteiger partial charge in [-0.05, 0) is 36.4 Å². The number of halogens is 3. The summed E-state index contributed by atoms with van der Waals surface area (Å²) in [5.41, 5.74) is 2.04. The van der Waals surface area contributed by atoms with Gasteiger partial charge in [0.25, 0.3) is 0 Å². The molecule has 0 spiro atoms. The molecule has 1 unspecified atom stereocenters. The van der Waals surface area contributed by atoms with E-state index in [1.165, 1.54) is 0 Å². The summed E-state index contributed by atoms with van der Waals surface area (Å²) in [4.78, 5) is 0. The highest BCUT2D eigenvalue weighted by atomic mass is 35.5. The van der Waals surface area contributed by atoms with E-state index in [0.29, 0.717) is 15.1 Å². The van der Waals surface area contributed by atoms with Crippen LogP contribution in [0.2, 0.25) is 15.1 Å². The van der Waals surface area contributed by atoms with Gasteiger partial charge in [-0.25, -0.2) is 0 Å². The van der Waals surface area contributed by atoms with Gasteiger partial charge in [0, 0.05) is 5.02 Å². The van der Waals surface area contributed by atoms with Crippen LogP contribution in [0.25, 0.3) is 0 Å². The van der Waals surface area contributed by atoms with E-state index in [-0.39, 0.29) is 6.04 Å². The molecule has 2 rings (SSSR count). The lowest BCUT2D eigenvalue weighted by molar-refractivity contribution is 0.692. The third-order valence-electron chi connectivity index (χ3n) is 2.78. The molecule has 4 heteroatoms. The van der Waals surface area contributed by atoms with Gasteiger partial charge in [-0.3, -0.25) is 0 Å². The van der Waals surface area contributed by atoms with Crippen LogP contribution in [0.5, 0.6) is 0 Å². The Labute approximate surface area is 122 Å². The van der Waals surface area contributed by atoms with E-state index in [1.54, 1.807) is 6.07 Å². The number of hydrogen-bond acceptors (Lipinski definition) is 1. The average molecular weight is 301 g/mol. The van der Waals surface area contributed by atoms with Gasteiger partial charge in [0.1, 0.15) is 0 Å². The Kier molecular flexibility index (Phi) is 4.52. The zero-order chi connectivity index (χ0) is 13.1. The number of benzene rings is 2. The number of rotatable bonds is 3. The fraction of sp³-hybridized carbons (Fsp3) is 0.143. The van der Waals surface area contributed by atoms with E-state index in [0.717, 1.165) is 11.1 Å². The van der Waals surface area contributed by atoms with Crippen molar-refractivity contribution >= 4 is 34.8 Å². The SMILES string of the molecule is CNC(c1ccc(Cl)cc1)c1cccc(Cl)c1Cl. The predicted octanol–water partition coefficient (Wildman–Crippen LogP) is 4.96. The van der Waals surface area contributed by atoms with E-state index in [4.69, 9.17) is 34.8 Å². The molecular weight excluding hydrogens is 289 g/mol. The molecule has 2 aromatic rings. The van der Waals surface area contributed by atoms with Gasteiger partial charge in [0.2, 0.25) is 0 Å². The summed E-state index contributed by atoms with van der Waals surface area (Å²) in [5, 5.41) is 5.09.